The molecule has 2 nitrogen and oxygen atoms in total. The molecule has 3 atom stereocenters. The maximum Gasteiger partial charge on any atom is 0.223 e. The molecule has 3 aliphatic rings. The van der Waals surface area contributed by atoms with Gasteiger partial charge in [-0.05, 0) is 48.6 Å². The second-order valence-electron chi connectivity index (χ2n) is 6.09. The first-order valence-corrected chi connectivity index (χ1v) is 7.24. The molecule has 2 saturated carbocycles. The third-order valence-corrected chi connectivity index (χ3v) is 4.98. The molecule has 3 fully saturated rings. The Kier molecular flexibility index (Phi) is 2.26. The molecule has 94 valence electrons. The van der Waals surface area contributed by atoms with E-state index >= 15 is 0 Å². The van der Waals surface area contributed by atoms with Crippen molar-refractivity contribution in [1.82, 2.24) is 5.32 Å². The van der Waals surface area contributed by atoms with E-state index in [9.17, 15) is 4.79 Å². The fraction of sp³-hybridized carbons (Fsp3) is 0.562. The van der Waals surface area contributed by atoms with Gasteiger partial charge in [-0.25, -0.2) is 0 Å². The van der Waals surface area contributed by atoms with Crippen molar-refractivity contribution in [3.63, 3.8) is 0 Å². The number of amides is 1. The molecule has 1 N–H and O–H groups in total. The smallest absolute Gasteiger partial charge is 0.223 e. The number of carbonyl (C=O) groups is 1. The molecule has 0 aromatic heterocycles. The van der Waals surface area contributed by atoms with Gasteiger partial charge in [-0.2, -0.15) is 0 Å². The zero-order valence-electron chi connectivity index (χ0n) is 10.6. The summed E-state index contributed by atoms with van der Waals surface area (Å²) in [6.07, 6.45) is 6.19. The summed E-state index contributed by atoms with van der Waals surface area (Å²) in [5.41, 5.74) is 2.90. The fourth-order valence-corrected chi connectivity index (χ4v) is 3.95. The van der Waals surface area contributed by atoms with Crippen LogP contribution in [0.25, 0.3) is 0 Å². The highest BCUT2D eigenvalue weighted by Gasteiger charge is 2.46. The summed E-state index contributed by atoms with van der Waals surface area (Å²) < 4.78 is 0. The summed E-state index contributed by atoms with van der Waals surface area (Å²) in [6.45, 7) is 0. The summed E-state index contributed by atoms with van der Waals surface area (Å²) in [4.78, 5) is 12.0. The molecule has 0 spiro atoms. The highest BCUT2D eigenvalue weighted by molar-refractivity contribution is 5.82. The van der Waals surface area contributed by atoms with Gasteiger partial charge in [0.2, 0.25) is 5.91 Å². The van der Waals surface area contributed by atoms with Crippen LogP contribution in [0.5, 0.6) is 0 Å². The lowest BCUT2D eigenvalue weighted by molar-refractivity contribution is -0.122. The van der Waals surface area contributed by atoms with Crippen molar-refractivity contribution in [1.29, 1.82) is 0 Å². The maximum absolute atomic E-state index is 12.0. The van der Waals surface area contributed by atoms with Crippen LogP contribution in [0, 0.1) is 11.8 Å². The maximum atomic E-state index is 12.0. The fourth-order valence-electron chi connectivity index (χ4n) is 3.95. The third-order valence-electron chi connectivity index (χ3n) is 4.98. The topological polar surface area (TPSA) is 29.1 Å². The molecular formula is C16H19NO. The van der Waals surface area contributed by atoms with E-state index in [4.69, 9.17) is 0 Å². The minimum atomic E-state index is 0.293. The molecule has 18 heavy (non-hydrogen) atoms. The first-order valence-electron chi connectivity index (χ1n) is 7.24. The van der Waals surface area contributed by atoms with E-state index in [2.05, 4.69) is 29.6 Å². The van der Waals surface area contributed by atoms with Gasteiger partial charge in [0, 0.05) is 5.92 Å². The first kappa shape index (κ1) is 10.6. The molecule has 1 aromatic carbocycles. The molecule has 0 bridgehead atoms. The number of carbonyl (C=O) groups excluding carboxylic acids is 1. The Hall–Kier alpha value is -1.31. The summed E-state index contributed by atoms with van der Waals surface area (Å²) in [5.74, 6) is 1.91. The van der Waals surface area contributed by atoms with Crippen molar-refractivity contribution in [2.75, 3.05) is 0 Å². The molecular weight excluding hydrogens is 222 g/mol. The molecule has 1 saturated heterocycles. The zero-order valence-corrected chi connectivity index (χ0v) is 10.6. The summed E-state index contributed by atoms with van der Waals surface area (Å²) >= 11 is 0. The summed E-state index contributed by atoms with van der Waals surface area (Å²) in [7, 11) is 0. The average Bonchev–Trinajstić information content (AvgIpc) is 3.04. The average molecular weight is 241 g/mol. The van der Waals surface area contributed by atoms with E-state index in [0.717, 1.165) is 12.3 Å². The van der Waals surface area contributed by atoms with Gasteiger partial charge < -0.3 is 5.32 Å². The lowest BCUT2D eigenvalue weighted by Gasteiger charge is -2.21. The minimum absolute atomic E-state index is 0.293. The van der Waals surface area contributed by atoms with Crippen molar-refractivity contribution < 1.29 is 4.79 Å². The van der Waals surface area contributed by atoms with Crippen LogP contribution in [0.4, 0.5) is 0 Å². The van der Waals surface area contributed by atoms with E-state index in [0.29, 0.717) is 23.8 Å². The highest BCUT2D eigenvalue weighted by atomic mass is 16.2. The zero-order chi connectivity index (χ0) is 12.1. The number of hydrogen-bond donors (Lipinski definition) is 1. The number of benzene rings is 1. The second-order valence-corrected chi connectivity index (χ2v) is 6.09. The summed E-state index contributed by atoms with van der Waals surface area (Å²) in [6, 6.07) is 9.05. The molecule has 1 aromatic rings. The van der Waals surface area contributed by atoms with Crippen LogP contribution in [0.2, 0.25) is 0 Å². The lowest BCUT2D eigenvalue weighted by atomic mass is 9.86. The van der Waals surface area contributed by atoms with Crippen LogP contribution in [0.1, 0.15) is 55.2 Å². The van der Waals surface area contributed by atoms with Gasteiger partial charge >= 0.3 is 0 Å². The SMILES string of the molecule is O=C1NC(c2ccccc2C2CC2)C2CCCC12. The molecule has 2 heteroatoms. The lowest BCUT2D eigenvalue weighted by Crippen LogP contribution is -2.23. The molecule has 1 aliphatic heterocycles. The normalized spacial score (nSPS) is 34.4. The first-order chi connectivity index (χ1) is 8.84. The van der Waals surface area contributed by atoms with Crippen molar-refractivity contribution in [2.24, 2.45) is 11.8 Å². The predicted molar refractivity (Wildman–Crippen MR) is 70.1 cm³/mol. The minimum Gasteiger partial charge on any atom is -0.349 e. The number of rotatable bonds is 2. The Morgan fingerprint density at radius 2 is 1.78 bits per heavy atom. The van der Waals surface area contributed by atoms with Crippen LogP contribution in [-0.2, 0) is 4.79 Å². The highest BCUT2D eigenvalue weighted by Crippen LogP contribution is 2.49. The van der Waals surface area contributed by atoms with E-state index < -0.39 is 0 Å². The van der Waals surface area contributed by atoms with E-state index in [1.165, 1.54) is 36.8 Å². The molecule has 4 rings (SSSR count). The largest absolute Gasteiger partial charge is 0.349 e. The van der Waals surface area contributed by atoms with Crippen LogP contribution >= 0.6 is 0 Å². The molecule has 3 unspecified atom stereocenters. The standard InChI is InChI=1S/C16H19NO/c18-16-14-7-3-6-13(14)15(17-16)12-5-2-1-4-11(12)10-8-9-10/h1-2,4-5,10,13-15H,3,6-9H2,(H,17,18). The molecule has 1 amide bonds. The van der Waals surface area contributed by atoms with Gasteiger partial charge in [-0.15, -0.1) is 0 Å². The van der Waals surface area contributed by atoms with Crippen molar-refractivity contribution in [2.45, 2.75) is 44.1 Å². The molecule has 2 aliphatic carbocycles. The predicted octanol–water partition coefficient (Wildman–Crippen LogP) is 3.15. The van der Waals surface area contributed by atoms with Gasteiger partial charge in [-0.1, -0.05) is 30.7 Å². The van der Waals surface area contributed by atoms with Crippen molar-refractivity contribution in [3.8, 4) is 0 Å². The van der Waals surface area contributed by atoms with E-state index in [1.54, 1.807) is 0 Å². The van der Waals surface area contributed by atoms with Crippen molar-refractivity contribution in [3.05, 3.63) is 35.4 Å². The number of nitrogens with one attached hydrogen (secondary N) is 1. The number of hydrogen-bond acceptors (Lipinski definition) is 1. The Balaban J connectivity index is 1.72. The Labute approximate surface area is 108 Å². The van der Waals surface area contributed by atoms with E-state index in [-0.39, 0.29) is 0 Å². The second kappa shape index (κ2) is 3.84. The monoisotopic (exact) mass is 241 g/mol. The van der Waals surface area contributed by atoms with Gasteiger partial charge in [0.25, 0.3) is 0 Å². The van der Waals surface area contributed by atoms with Crippen LogP contribution in [0.3, 0.4) is 0 Å². The van der Waals surface area contributed by atoms with Crippen molar-refractivity contribution >= 4 is 5.91 Å². The van der Waals surface area contributed by atoms with Crippen LogP contribution in [0.15, 0.2) is 24.3 Å². The molecule has 0 radical (unpaired) electrons. The van der Waals surface area contributed by atoms with E-state index in [1.807, 2.05) is 0 Å². The van der Waals surface area contributed by atoms with Crippen LogP contribution in [-0.4, -0.2) is 5.91 Å². The Morgan fingerprint density at radius 3 is 2.56 bits per heavy atom. The van der Waals surface area contributed by atoms with Gasteiger partial charge in [-0.3, -0.25) is 4.79 Å². The van der Waals surface area contributed by atoms with Gasteiger partial charge in [0.15, 0.2) is 0 Å². The number of fused-ring (bicyclic) bond motifs is 1. The third kappa shape index (κ3) is 1.51. The van der Waals surface area contributed by atoms with Gasteiger partial charge in [0.05, 0.1) is 6.04 Å². The van der Waals surface area contributed by atoms with Gasteiger partial charge in [0.1, 0.15) is 0 Å². The Bertz CT molecular complexity index is 492. The Morgan fingerprint density at radius 1 is 1.00 bits per heavy atom. The quantitative estimate of drug-likeness (QED) is 0.846. The molecule has 1 heterocycles. The van der Waals surface area contributed by atoms with Crippen LogP contribution < -0.4 is 5.32 Å². The summed E-state index contributed by atoms with van der Waals surface area (Å²) in [5, 5.41) is 3.26.